The molecule has 1 aliphatic heterocycles. The van der Waals surface area contributed by atoms with E-state index in [1.54, 1.807) is 26.2 Å². The molecule has 2 heterocycles. The molecule has 2 aromatic carbocycles. The zero-order valence-corrected chi connectivity index (χ0v) is 21.6. The summed E-state index contributed by atoms with van der Waals surface area (Å²) in [5.41, 5.74) is 3.03. The van der Waals surface area contributed by atoms with E-state index in [9.17, 15) is 13.2 Å². The van der Waals surface area contributed by atoms with Gasteiger partial charge in [-0.2, -0.15) is 4.98 Å². The van der Waals surface area contributed by atoms with E-state index in [0.29, 0.717) is 15.8 Å². The average molecular weight is 514 g/mol. The Hall–Kier alpha value is -2.95. The molecular formula is C24H23N3O4S3. The third-order valence-corrected chi connectivity index (χ3v) is 8.22. The zero-order valence-electron chi connectivity index (χ0n) is 19.1. The van der Waals surface area contributed by atoms with Crippen molar-refractivity contribution in [2.75, 3.05) is 19.0 Å². The Bertz CT molecular complexity index is 1390. The van der Waals surface area contributed by atoms with Gasteiger partial charge in [0.05, 0.1) is 16.3 Å². The van der Waals surface area contributed by atoms with E-state index in [1.807, 2.05) is 38.1 Å². The van der Waals surface area contributed by atoms with Crippen LogP contribution in [0.3, 0.4) is 0 Å². The first kappa shape index (κ1) is 24.2. The summed E-state index contributed by atoms with van der Waals surface area (Å²) in [5.74, 6) is -0.171. The number of hydrogen-bond acceptors (Lipinski definition) is 8. The third kappa shape index (κ3) is 4.79. The zero-order chi connectivity index (χ0) is 24.6. The predicted molar refractivity (Wildman–Crippen MR) is 137 cm³/mol. The van der Waals surface area contributed by atoms with Gasteiger partial charge in [0.25, 0.3) is 5.91 Å². The van der Waals surface area contributed by atoms with Crippen LogP contribution in [0.15, 0.2) is 67.8 Å². The fourth-order valence-corrected chi connectivity index (χ4v) is 5.89. The molecule has 1 saturated heterocycles. The molecule has 10 heteroatoms. The van der Waals surface area contributed by atoms with Gasteiger partial charge < -0.3 is 9.32 Å². The van der Waals surface area contributed by atoms with Gasteiger partial charge in [-0.05, 0) is 31.5 Å². The number of anilines is 1. The van der Waals surface area contributed by atoms with E-state index in [-0.39, 0.29) is 27.6 Å². The van der Waals surface area contributed by atoms with Crippen molar-refractivity contribution in [2.24, 2.45) is 0 Å². The van der Waals surface area contributed by atoms with E-state index in [2.05, 4.69) is 4.98 Å². The summed E-state index contributed by atoms with van der Waals surface area (Å²) in [6.45, 7) is 4.23. The maximum Gasteiger partial charge on any atom is 0.266 e. The minimum Gasteiger partial charge on any atom is -0.420 e. The summed E-state index contributed by atoms with van der Waals surface area (Å²) in [4.78, 5) is 20.7. The van der Waals surface area contributed by atoms with Gasteiger partial charge in [-0.1, -0.05) is 71.5 Å². The molecule has 0 unspecified atom stereocenters. The number of aromatic nitrogens is 1. The van der Waals surface area contributed by atoms with E-state index < -0.39 is 9.84 Å². The van der Waals surface area contributed by atoms with Crippen LogP contribution in [0, 0.1) is 13.8 Å². The van der Waals surface area contributed by atoms with Crippen molar-refractivity contribution in [1.29, 1.82) is 0 Å². The Morgan fingerprint density at radius 2 is 1.65 bits per heavy atom. The van der Waals surface area contributed by atoms with Crippen LogP contribution in [-0.4, -0.2) is 42.6 Å². The van der Waals surface area contributed by atoms with Crippen molar-refractivity contribution in [2.45, 2.75) is 30.3 Å². The number of carbonyl (C=O) groups is 1. The molecule has 1 amide bonds. The lowest BCUT2D eigenvalue weighted by Crippen LogP contribution is -2.27. The van der Waals surface area contributed by atoms with Crippen LogP contribution in [0.25, 0.3) is 6.08 Å². The first-order chi connectivity index (χ1) is 16.1. The minimum atomic E-state index is -3.93. The monoisotopic (exact) mass is 513 g/mol. The molecule has 1 aliphatic rings. The second-order valence-electron chi connectivity index (χ2n) is 8.13. The maximum atomic E-state index is 13.2. The van der Waals surface area contributed by atoms with Crippen molar-refractivity contribution in [1.82, 2.24) is 9.88 Å². The summed E-state index contributed by atoms with van der Waals surface area (Å²) in [5, 5.41) is -0.206. The molecular weight excluding hydrogens is 490 g/mol. The lowest BCUT2D eigenvalue weighted by molar-refractivity contribution is -0.122. The molecule has 0 spiro atoms. The average Bonchev–Trinajstić information content (AvgIpc) is 3.33. The molecule has 176 valence electrons. The lowest BCUT2D eigenvalue weighted by Gasteiger charge is -2.14. The molecule has 3 aromatic rings. The van der Waals surface area contributed by atoms with Gasteiger partial charge in [-0.15, -0.1) is 0 Å². The van der Waals surface area contributed by atoms with Crippen LogP contribution in [0.2, 0.25) is 0 Å². The van der Waals surface area contributed by atoms with Crippen LogP contribution in [-0.2, 0) is 21.2 Å². The van der Waals surface area contributed by atoms with E-state index in [1.165, 1.54) is 28.0 Å². The van der Waals surface area contributed by atoms with Gasteiger partial charge in [0.2, 0.25) is 26.6 Å². The van der Waals surface area contributed by atoms with E-state index in [4.69, 9.17) is 16.6 Å². The molecule has 0 atom stereocenters. The second kappa shape index (κ2) is 9.36. The van der Waals surface area contributed by atoms with Gasteiger partial charge >= 0.3 is 0 Å². The summed E-state index contributed by atoms with van der Waals surface area (Å²) in [6, 6.07) is 14.4. The molecule has 0 N–H and O–H groups in total. The number of carbonyl (C=O) groups excluding carboxylic acids is 1. The van der Waals surface area contributed by atoms with Gasteiger partial charge in [0.1, 0.15) is 4.32 Å². The Balaban J connectivity index is 1.65. The normalized spacial score (nSPS) is 15.4. The third-order valence-electron chi connectivity index (χ3n) is 5.18. The van der Waals surface area contributed by atoms with Crippen LogP contribution < -0.4 is 4.90 Å². The first-order valence-electron chi connectivity index (χ1n) is 10.4. The first-order valence-corrected chi connectivity index (χ1v) is 13.1. The second-order valence-corrected chi connectivity index (χ2v) is 11.7. The van der Waals surface area contributed by atoms with Crippen molar-refractivity contribution in [3.63, 3.8) is 0 Å². The van der Waals surface area contributed by atoms with Gasteiger partial charge in [-0.25, -0.2) is 8.42 Å². The number of oxazole rings is 1. The van der Waals surface area contributed by atoms with Gasteiger partial charge in [0, 0.05) is 20.2 Å². The number of thiocarbonyl (C=S) groups is 1. The topological polar surface area (TPSA) is 83.7 Å². The number of thioether (sulfide) groups is 1. The molecule has 7 nitrogen and oxygen atoms in total. The van der Waals surface area contributed by atoms with Crippen molar-refractivity contribution in [3.8, 4) is 0 Å². The highest BCUT2D eigenvalue weighted by atomic mass is 32.2. The predicted octanol–water partition coefficient (Wildman–Crippen LogP) is 4.59. The minimum absolute atomic E-state index is 0.0187. The molecule has 0 aliphatic carbocycles. The summed E-state index contributed by atoms with van der Waals surface area (Å²) in [7, 11) is -0.595. The summed E-state index contributed by atoms with van der Waals surface area (Å²) in [6.07, 6.45) is 1.44. The van der Waals surface area contributed by atoms with Crippen molar-refractivity contribution >= 4 is 56.0 Å². The molecule has 0 bridgehead atoms. The highest BCUT2D eigenvalue weighted by Gasteiger charge is 2.34. The van der Waals surface area contributed by atoms with Crippen LogP contribution in [0.5, 0.6) is 0 Å². The van der Waals surface area contributed by atoms with Crippen molar-refractivity contribution < 1.29 is 17.6 Å². The van der Waals surface area contributed by atoms with E-state index in [0.717, 1.165) is 28.5 Å². The highest BCUT2D eigenvalue weighted by Crippen LogP contribution is 2.36. The fourth-order valence-electron chi connectivity index (χ4n) is 3.29. The summed E-state index contributed by atoms with van der Waals surface area (Å²) >= 11 is 6.55. The molecule has 1 fully saturated rings. The Labute approximate surface area is 208 Å². The standard InChI is InChI=1S/C24H23N3O4S3/c1-15-5-9-17(10-6-15)14-27-22(28)19(33-24(27)32)13-20-25-21(23(31-20)26(3)4)34(29,30)18-11-7-16(2)8-12-18/h5-13H,14H2,1-4H3. The Kier molecular flexibility index (Phi) is 6.66. The number of rotatable bonds is 6. The number of nitrogens with zero attached hydrogens (tertiary/aromatic N) is 3. The van der Waals surface area contributed by atoms with Crippen LogP contribution >= 0.6 is 24.0 Å². The Morgan fingerprint density at radius 1 is 1.06 bits per heavy atom. The molecule has 34 heavy (non-hydrogen) atoms. The van der Waals surface area contributed by atoms with E-state index >= 15 is 0 Å². The smallest absolute Gasteiger partial charge is 0.266 e. The van der Waals surface area contributed by atoms with Crippen molar-refractivity contribution in [3.05, 3.63) is 76.0 Å². The number of aryl methyl sites for hydroxylation is 2. The van der Waals surface area contributed by atoms with Crippen LogP contribution in [0.1, 0.15) is 22.6 Å². The quantitative estimate of drug-likeness (QED) is 0.350. The molecule has 1 aromatic heterocycles. The molecule has 0 radical (unpaired) electrons. The number of sulfone groups is 1. The molecule has 0 saturated carbocycles. The number of benzene rings is 2. The van der Waals surface area contributed by atoms with Gasteiger partial charge in [0.15, 0.2) is 0 Å². The number of hydrogen-bond donors (Lipinski definition) is 0. The lowest BCUT2D eigenvalue weighted by atomic mass is 10.1. The largest absolute Gasteiger partial charge is 0.420 e. The van der Waals surface area contributed by atoms with Crippen LogP contribution in [0.4, 0.5) is 5.88 Å². The fraction of sp³-hybridized carbons (Fsp3) is 0.208. The Morgan fingerprint density at radius 3 is 2.24 bits per heavy atom. The maximum absolute atomic E-state index is 13.2. The number of amides is 1. The summed E-state index contributed by atoms with van der Waals surface area (Å²) < 4.78 is 32.7. The van der Waals surface area contributed by atoms with Gasteiger partial charge in [-0.3, -0.25) is 9.69 Å². The highest BCUT2D eigenvalue weighted by molar-refractivity contribution is 8.26. The molecule has 4 rings (SSSR count). The SMILES string of the molecule is Cc1ccc(CN2C(=O)C(=Cc3nc(S(=O)(=O)c4ccc(C)cc4)c(N(C)C)o3)SC2=S)cc1.